The maximum absolute atomic E-state index is 6.10. The van der Waals surface area contributed by atoms with Crippen LogP contribution in [-0.2, 0) is 0 Å². The van der Waals surface area contributed by atoms with Crippen LogP contribution in [0.5, 0.6) is 5.75 Å². The molecule has 6 nitrogen and oxygen atoms in total. The van der Waals surface area contributed by atoms with Crippen LogP contribution in [-0.4, -0.2) is 26.9 Å². The lowest BCUT2D eigenvalue weighted by molar-refractivity contribution is 0.417. The summed E-state index contributed by atoms with van der Waals surface area (Å²) in [6.45, 7) is 0. The summed E-state index contributed by atoms with van der Waals surface area (Å²) in [5.74, 6) is 1.27. The molecule has 0 saturated heterocycles. The van der Waals surface area contributed by atoms with Gasteiger partial charge in [0.1, 0.15) is 17.9 Å². The van der Waals surface area contributed by atoms with E-state index in [1.165, 1.54) is 6.33 Å². The zero-order valence-electron chi connectivity index (χ0n) is 13.6. The molecule has 0 spiro atoms. The van der Waals surface area contributed by atoms with Crippen LogP contribution < -0.4 is 10.1 Å². The third-order valence-electron chi connectivity index (χ3n) is 3.85. The molecule has 8 heteroatoms. The average Bonchev–Trinajstić information content (AvgIpc) is 3.08. The lowest BCUT2D eigenvalue weighted by Gasteiger charge is -2.11. The molecule has 2 aromatic carbocycles. The molecule has 0 bridgehead atoms. The van der Waals surface area contributed by atoms with Gasteiger partial charge < -0.3 is 10.1 Å². The highest BCUT2D eigenvalue weighted by atomic mass is 35.5. The minimum Gasteiger partial charge on any atom is -0.495 e. The molecule has 0 atom stereocenters. The fraction of sp³-hybridized carbons (Fsp3) is 0.0556. The van der Waals surface area contributed by atoms with Crippen LogP contribution in [0.1, 0.15) is 0 Å². The number of benzene rings is 2. The van der Waals surface area contributed by atoms with Gasteiger partial charge in [-0.2, -0.15) is 5.10 Å². The molecule has 2 aromatic heterocycles. The summed E-state index contributed by atoms with van der Waals surface area (Å²) >= 11 is 12.1. The molecule has 0 amide bonds. The second kappa shape index (κ2) is 6.82. The highest BCUT2D eigenvalue weighted by molar-refractivity contribution is 6.31. The molecule has 2 heterocycles. The number of hydrogen-bond donors (Lipinski definition) is 1. The maximum Gasteiger partial charge on any atom is 0.168 e. The van der Waals surface area contributed by atoms with Crippen molar-refractivity contribution in [2.24, 2.45) is 0 Å². The van der Waals surface area contributed by atoms with Crippen LogP contribution in [0.4, 0.5) is 11.5 Å². The largest absolute Gasteiger partial charge is 0.495 e. The first kappa shape index (κ1) is 16.6. The number of rotatable bonds is 4. The molecule has 0 unspecified atom stereocenters. The van der Waals surface area contributed by atoms with Crippen molar-refractivity contribution >= 4 is 45.7 Å². The maximum atomic E-state index is 6.10. The van der Waals surface area contributed by atoms with Crippen LogP contribution in [0.2, 0.25) is 10.0 Å². The van der Waals surface area contributed by atoms with E-state index >= 15 is 0 Å². The smallest absolute Gasteiger partial charge is 0.168 e. The van der Waals surface area contributed by atoms with E-state index in [1.807, 2.05) is 24.3 Å². The van der Waals surface area contributed by atoms with Crippen LogP contribution >= 0.6 is 23.2 Å². The Balaban J connectivity index is 1.78. The Kier molecular flexibility index (Phi) is 4.36. The van der Waals surface area contributed by atoms with Crippen molar-refractivity contribution in [3.63, 3.8) is 0 Å². The zero-order valence-corrected chi connectivity index (χ0v) is 15.2. The first-order valence-electron chi connectivity index (χ1n) is 7.71. The fourth-order valence-electron chi connectivity index (χ4n) is 2.62. The van der Waals surface area contributed by atoms with E-state index in [2.05, 4.69) is 20.4 Å². The third kappa shape index (κ3) is 3.05. The predicted molar refractivity (Wildman–Crippen MR) is 103 cm³/mol. The van der Waals surface area contributed by atoms with Gasteiger partial charge in [-0.25, -0.2) is 14.6 Å². The number of fused-ring (bicyclic) bond motifs is 1. The summed E-state index contributed by atoms with van der Waals surface area (Å²) < 4.78 is 7.10. The molecule has 26 heavy (non-hydrogen) atoms. The Labute approximate surface area is 159 Å². The summed E-state index contributed by atoms with van der Waals surface area (Å²) in [4.78, 5) is 8.69. The number of anilines is 2. The lowest BCUT2D eigenvalue weighted by Crippen LogP contribution is -2.00. The highest BCUT2D eigenvalue weighted by Crippen LogP contribution is 2.32. The van der Waals surface area contributed by atoms with Crippen molar-refractivity contribution in [2.75, 3.05) is 12.4 Å². The SMILES string of the molecule is COc1ccc(Cl)cc1Nc1ncnc2c1cnn2-c1ccc(Cl)cc1. The lowest BCUT2D eigenvalue weighted by atomic mass is 10.2. The minimum absolute atomic E-state index is 0.593. The number of nitrogens with zero attached hydrogens (tertiary/aromatic N) is 4. The molecule has 0 saturated carbocycles. The summed E-state index contributed by atoms with van der Waals surface area (Å²) in [5, 5.41) is 9.70. The van der Waals surface area contributed by atoms with Crippen LogP contribution in [0.25, 0.3) is 16.7 Å². The van der Waals surface area contributed by atoms with Crippen molar-refractivity contribution in [1.29, 1.82) is 0 Å². The molecule has 0 aliphatic carbocycles. The Morgan fingerprint density at radius 3 is 2.54 bits per heavy atom. The standard InChI is InChI=1S/C18H13Cl2N5O/c1-26-16-7-4-12(20)8-15(16)24-17-14-9-23-25(18(14)22-10-21-17)13-5-2-11(19)3-6-13/h2-10H,1H3,(H,21,22,24). The van der Waals surface area contributed by atoms with E-state index in [0.29, 0.717) is 32.9 Å². The predicted octanol–water partition coefficient (Wildman–Crippen LogP) is 4.87. The van der Waals surface area contributed by atoms with Gasteiger partial charge in [-0.3, -0.25) is 0 Å². The van der Waals surface area contributed by atoms with Crippen molar-refractivity contribution in [1.82, 2.24) is 19.7 Å². The van der Waals surface area contributed by atoms with Gasteiger partial charge in [-0.1, -0.05) is 23.2 Å². The van der Waals surface area contributed by atoms with Gasteiger partial charge in [0.25, 0.3) is 0 Å². The van der Waals surface area contributed by atoms with Crippen molar-refractivity contribution in [3.8, 4) is 11.4 Å². The number of nitrogens with one attached hydrogen (secondary N) is 1. The molecule has 130 valence electrons. The van der Waals surface area contributed by atoms with Crippen molar-refractivity contribution in [2.45, 2.75) is 0 Å². The molecule has 4 rings (SSSR count). The molecule has 0 aliphatic heterocycles. The molecular formula is C18H13Cl2N5O. The quantitative estimate of drug-likeness (QED) is 0.542. The summed E-state index contributed by atoms with van der Waals surface area (Å²) in [6, 6.07) is 12.7. The van der Waals surface area contributed by atoms with Gasteiger partial charge >= 0.3 is 0 Å². The first-order valence-corrected chi connectivity index (χ1v) is 8.46. The van der Waals surface area contributed by atoms with Crippen LogP contribution in [0, 0.1) is 0 Å². The molecule has 0 aliphatic rings. The molecule has 0 radical (unpaired) electrons. The van der Waals surface area contributed by atoms with Gasteiger partial charge in [0.2, 0.25) is 0 Å². The number of halogens is 2. The van der Waals surface area contributed by atoms with E-state index in [0.717, 1.165) is 11.1 Å². The number of ether oxygens (including phenoxy) is 1. The monoisotopic (exact) mass is 385 g/mol. The normalized spacial score (nSPS) is 10.9. The van der Waals surface area contributed by atoms with Crippen LogP contribution in [0.3, 0.4) is 0 Å². The highest BCUT2D eigenvalue weighted by Gasteiger charge is 2.13. The Hall–Kier alpha value is -2.83. The summed E-state index contributed by atoms with van der Waals surface area (Å²) in [6.07, 6.45) is 3.19. The van der Waals surface area contributed by atoms with E-state index in [4.69, 9.17) is 27.9 Å². The fourth-order valence-corrected chi connectivity index (χ4v) is 2.92. The number of aromatic nitrogens is 4. The van der Waals surface area contributed by atoms with Gasteiger partial charge in [0, 0.05) is 10.0 Å². The second-order valence-corrected chi connectivity index (χ2v) is 6.33. The first-order chi connectivity index (χ1) is 12.7. The molecule has 0 fully saturated rings. The zero-order chi connectivity index (χ0) is 18.1. The van der Waals surface area contributed by atoms with Gasteiger partial charge in [0.15, 0.2) is 5.65 Å². The van der Waals surface area contributed by atoms with E-state index in [9.17, 15) is 0 Å². The van der Waals surface area contributed by atoms with Gasteiger partial charge in [-0.15, -0.1) is 0 Å². The number of hydrogen-bond acceptors (Lipinski definition) is 5. The average molecular weight is 386 g/mol. The van der Waals surface area contributed by atoms with E-state index < -0.39 is 0 Å². The molecule has 4 aromatic rings. The molecular weight excluding hydrogens is 373 g/mol. The Morgan fingerprint density at radius 2 is 1.77 bits per heavy atom. The van der Waals surface area contributed by atoms with E-state index in [1.54, 1.807) is 36.2 Å². The third-order valence-corrected chi connectivity index (χ3v) is 4.34. The van der Waals surface area contributed by atoms with Gasteiger partial charge in [0.05, 0.1) is 30.1 Å². The minimum atomic E-state index is 0.593. The van der Waals surface area contributed by atoms with Gasteiger partial charge in [-0.05, 0) is 42.5 Å². The van der Waals surface area contributed by atoms with Crippen molar-refractivity contribution in [3.05, 3.63) is 65.0 Å². The van der Waals surface area contributed by atoms with Crippen molar-refractivity contribution < 1.29 is 4.74 Å². The van der Waals surface area contributed by atoms with E-state index in [-0.39, 0.29) is 0 Å². The Bertz CT molecular complexity index is 1080. The molecule has 1 N–H and O–H groups in total. The second-order valence-electron chi connectivity index (χ2n) is 5.46. The number of methoxy groups -OCH3 is 1. The summed E-state index contributed by atoms with van der Waals surface area (Å²) in [5.41, 5.74) is 2.24. The summed E-state index contributed by atoms with van der Waals surface area (Å²) in [7, 11) is 1.60. The van der Waals surface area contributed by atoms with Crippen LogP contribution in [0.15, 0.2) is 55.0 Å². The topological polar surface area (TPSA) is 64.9 Å². The Morgan fingerprint density at radius 1 is 1.00 bits per heavy atom.